The van der Waals surface area contributed by atoms with Crippen molar-refractivity contribution in [3.05, 3.63) is 53.6 Å². The fraction of sp³-hybridized carbons (Fsp3) is 0.458. The second kappa shape index (κ2) is 9.06. The lowest BCUT2D eigenvalue weighted by Crippen LogP contribution is -2.46. The maximum absolute atomic E-state index is 11.7. The lowest BCUT2D eigenvalue weighted by Gasteiger charge is -2.36. The topological polar surface area (TPSA) is 56.2 Å². The van der Waals surface area contributed by atoms with Gasteiger partial charge in [-0.1, -0.05) is 18.2 Å². The van der Waals surface area contributed by atoms with E-state index < -0.39 is 6.10 Å². The zero-order chi connectivity index (χ0) is 21.1. The Morgan fingerprint density at radius 3 is 2.63 bits per heavy atom. The van der Waals surface area contributed by atoms with Gasteiger partial charge in [-0.2, -0.15) is 0 Å². The highest BCUT2D eigenvalue weighted by atomic mass is 16.5. The van der Waals surface area contributed by atoms with Crippen molar-refractivity contribution < 1.29 is 14.6 Å². The number of ether oxygens (including phenoxy) is 1. The normalized spacial score (nSPS) is 17.7. The van der Waals surface area contributed by atoms with E-state index in [0.29, 0.717) is 6.42 Å². The number of rotatable bonds is 6. The molecule has 0 saturated carbocycles. The summed E-state index contributed by atoms with van der Waals surface area (Å²) < 4.78 is 5.33. The van der Waals surface area contributed by atoms with Crippen LogP contribution >= 0.6 is 0 Å². The van der Waals surface area contributed by atoms with Gasteiger partial charge in [0, 0.05) is 63.6 Å². The summed E-state index contributed by atoms with van der Waals surface area (Å²) in [4.78, 5) is 18.3. The molecule has 2 aliphatic heterocycles. The molecule has 2 aromatic rings. The summed E-state index contributed by atoms with van der Waals surface area (Å²) in [6.07, 6.45) is 1.11. The van der Waals surface area contributed by atoms with Gasteiger partial charge in [0.1, 0.15) is 5.75 Å². The molecule has 1 fully saturated rings. The Labute approximate surface area is 178 Å². The lowest BCUT2D eigenvalue weighted by molar-refractivity contribution is -0.116. The van der Waals surface area contributed by atoms with Crippen molar-refractivity contribution in [3.8, 4) is 5.75 Å². The summed E-state index contributed by atoms with van der Waals surface area (Å²) in [6.45, 7) is 7.15. The Hall–Kier alpha value is -2.57. The number of anilines is 2. The molecule has 0 aliphatic carbocycles. The fourth-order valence-corrected chi connectivity index (χ4v) is 4.46. The first-order valence-corrected chi connectivity index (χ1v) is 10.8. The van der Waals surface area contributed by atoms with Gasteiger partial charge in [0.15, 0.2) is 0 Å². The second-order valence-corrected chi connectivity index (χ2v) is 8.14. The first kappa shape index (κ1) is 20.7. The summed E-state index contributed by atoms with van der Waals surface area (Å²) in [6, 6.07) is 14.2. The molecule has 6 nitrogen and oxygen atoms in total. The number of carbonyl (C=O) groups excluding carboxylic acids is 1. The molecule has 30 heavy (non-hydrogen) atoms. The van der Waals surface area contributed by atoms with Crippen LogP contribution in [-0.2, 0) is 11.2 Å². The van der Waals surface area contributed by atoms with E-state index >= 15 is 0 Å². The standard InChI is InChI=1S/C24H31N3O3/c1-18(28)27-11-8-19-16-20(6-7-23(19)27)24(29)9-10-25-12-14-26(15-13-25)21-4-3-5-22(17-21)30-2/h3-7,16-17,24,29H,8-15H2,1-2H3. The van der Waals surface area contributed by atoms with Crippen LogP contribution in [0.3, 0.4) is 0 Å². The summed E-state index contributed by atoms with van der Waals surface area (Å²) in [5, 5.41) is 10.7. The smallest absolute Gasteiger partial charge is 0.223 e. The molecule has 1 unspecified atom stereocenters. The van der Waals surface area contributed by atoms with E-state index in [1.807, 2.05) is 29.2 Å². The Morgan fingerprint density at radius 2 is 1.90 bits per heavy atom. The molecular formula is C24H31N3O3. The third kappa shape index (κ3) is 4.45. The third-order valence-corrected chi connectivity index (χ3v) is 6.27. The number of carbonyl (C=O) groups is 1. The van der Waals surface area contributed by atoms with Gasteiger partial charge in [0.05, 0.1) is 13.2 Å². The number of piperazine rings is 1. The van der Waals surface area contributed by atoms with Crippen LogP contribution in [-0.4, -0.2) is 62.3 Å². The first-order chi connectivity index (χ1) is 14.5. The molecule has 1 saturated heterocycles. The number of nitrogens with zero attached hydrogens (tertiary/aromatic N) is 3. The number of aliphatic hydroxyl groups is 1. The van der Waals surface area contributed by atoms with E-state index in [9.17, 15) is 9.90 Å². The van der Waals surface area contributed by atoms with E-state index in [4.69, 9.17) is 4.74 Å². The summed E-state index contributed by atoms with van der Waals surface area (Å²) in [7, 11) is 1.70. The Morgan fingerprint density at radius 1 is 1.10 bits per heavy atom. The minimum atomic E-state index is -0.474. The largest absolute Gasteiger partial charge is 0.497 e. The van der Waals surface area contributed by atoms with Crippen molar-refractivity contribution in [3.63, 3.8) is 0 Å². The average Bonchev–Trinajstić information content (AvgIpc) is 3.21. The van der Waals surface area contributed by atoms with Crippen LogP contribution < -0.4 is 14.5 Å². The van der Waals surface area contributed by atoms with Gasteiger partial charge >= 0.3 is 0 Å². The summed E-state index contributed by atoms with van der Waals surface area (Å²) in [5.74, 6) is 0.967. The molecule has 0 aromatic heterocycles. The van der Waals surface area contributed by atoms with Gasteiger partial charge in [-0.25, -0.2) is 0 Å². The molecule has 0 bridgehead atoms. The monoisotopic (exact) mass is 409 g/mol. The van der Waals surface area contributed by atoms with Gasteiger partial charge in [0.2, 0.25) is 5.91 Å². The van der Waals surface area contributed by atoms with Crippen molar-refractivity contribution in [2.75, 3.05) is 56.2 Å². The number of hydrogen-bond donors (Lipinski definition) is 1. The van der Waals surface area contributed by atoms with Crippen molar-refractivity contribution >= 4 is 17.3 Å². The average molecular weight is 410 g/mol. The first-order valence-electron chi connectivity index (χ1n) is 10.8. The van der Waals surface area contributed by atoms with Crippen LogP contribution in [0.25, 0.3) is 0 Å². The minimum absolute atomic E-state index is 0.0788. The zero-order valence-corrected chi connectivity index (χ0v) is 17.9. The molecule has 1 N–H and O–H groups in total. The molecule has 0 radical (unpaired) electrons. The van der Waals surface area contributed by atoms with Crippen LogP contribution in [0.1, 0.15) is 30.6 Å². The Kier molecular flexibility index (Phi) is 6.25. The van der Waals surface area contributed by atoms with Crippen molar-refractivity contribution in [2.45, 2.75) is 25.9 Å². The number of aliphatic hydroxyl groups excluding tert-OH is 1. The molecule has 6 heteroatoms. The van der Waals surface area contributed by atoms with Crippen LogP contribution in [0, 0.1) is 0 Å². The highest BCUT2D eigenvalue weighted by Crippen LogP contribution is 2.31. The molecule has 160 valence electrons. The van der Waals surface area contributed by atoms with Crippen molar-refractivity contribution in [1.82, 2.24) is 4.90 Å². The van der Waals surface area contributed by atoms with Crippen molar-refractivity contribution in [1.29, 1.82) is 0 Å². The number of fused-ring (bicyclic) bond motifs is 1. The minimum Gasteiger partial charge on any atom is -0.497 e. The van der Waals surface area contributed by atoms with Crippen LogP contribution in [0.2, 0.25) is 0 Å². The molecule has 2 aromatic carbocycles. The second-order valence-electron chi connectivity index (χ2n) is 8.14. The Balaban J connectivity index is 1.28. The van der Waals surface area contributed by atoms with Gasteiger partial charge < -0.3 is 19.6 Å². The van der Waals surface area contributed by atoms with Crippen LogP contribution in [0.5, 0.6) is 5.75 Å². The number of benzene rings is 2. The molecule has 2 heterocycles. The van der Waals surface area contributed by atoms with Gasteiger partial charge in [-0.05, 0) is 42.2 Å². The van der Waals surface area contributed by atoms with Gasteiger partial charge in [-0.3, -0.25) is 9.69 Å². The third-order valence-electron chi connectivity index (χ3n) is 6.27. The van der Waals surface area contributed by atoms with Crippen LogP contribution in [0.15, 0.2) is 42.5 Å². The summed E-state index contributed by atoms with van der Waals surface area (Å²) >= 11 is 0. The summed E-state index contributed by atoms with van der Waals surface area (Å²) in [5.41, 5.74) is 4.31. The predicted octanol–water partition coefficient (Wildman–Crippen LogP) is 2.85. The molecule has 2 aliphatic rings. The SMILES string of the molecule is COc1cccc(N2CCN(CCC(O)c3ccc4c(c3)CCN4C(C)=O)CC2)c1. The molecule has 0 spiro atoms. The maximum atomic E-state index is 11.7. The van der Waals surface area contributed by atoms with E-state index in [2.05, 4.69) is 28.0 Å². The van der Waals surface area contributed by atoms with Crippen LogP contribution in [0.4, 0.5) is 11.4 Å². The molecule has 1 amide bonds. The van der Waals surface area contributed by atoms with E-state index in [-0.39, 0.29) is 5.91 Å². The number of hydrogen-bond acceptors (Lipinski definition) is 5. The van der Waals surface area contributed by atoms with Gasteiger partial charge in [0.25, 0.3) is 0 Å². The maximum Gasteiger partial charge on any atom is 0.223 e. The number of amides is 1. The van der Waals surface area contributed by atoms with E-state index in [0.717, 1.165) is 68.3 Å². The fourth-order valence-electron chi connectivity index (χ4n) is 4.46. The lowest BCUT2D eigenvalue weighted by atomic mass is 10.0. The molecule has 1 atom stereocenters. The quantitative estimate of drug-likeness (QED) is 0.795. The van der Waals surface area contributed by atoms with E-state index in [1.54, 1.807) is 14.0 Å². The highest BCUT2D eigenvalue weighted by Gasteiger charge is 2.24. The highest BCUT2D eigenvalue weighted by molar-refractivity contribution is 5.93. The van der Waals surface area contributed by atoms with Crippen molar-refractivity contribution in [2.24, 2.45) is 0 Å². The molecular weight excluding hydrogens is 378 g/mol. The van der Waals surface area contributed by atoms with E-state index in [1.165, 1.54) is 5.69 Å². The zero-order valence-electron chi connectivity index (χ0n) is 17.9. The molecule has 4 rings (SSSR count). The Bertz CT molecular complexity index is 893. The predicted molar refractivity (Wildman–Crippen MR) is 119 cm³/mol. The van der Waals surface area contributed by atoms with Gasteiger partial charge in [-0.15, -0.1) is 0 Å². The number of methoxy groups -OCH3 is 1.